The number of carbonyl (C=O) groups excluding carboxylic acids is 1. The lowest BCUT2D eigenvalue weighted by Crippen LogP contribution is -2.11. The Morgan fingerprint density at radius 1 is 1.20 bits per heavy atom. The molecule has 0 fully saturated rings. The number of aromatic nitrogens is 1. The Hall–Kier alpha value is -1.54. The number of halogens is 2. The summed E-state index contributed by atoms with van der Waals surface area (Å²) in [5.41, 5.74) is 1.24. The summed E-state index contributed by atoms with van der Waals surface area (Å²) in [4.78, 5) is 16.3. The highest BCUT2D eigenvalue weighted by molar-refractivity contribution is 14.1. The molecule has 0 spiro atoms. The Bertz CT molecular complexity index is 785. The molecule has 0 bridgehead atoms. The van der Waals surface area contributed by atoms with Crippen molar-refractivity contribution in [3.05, 3.63) is 57.4 Å². The fourth-order valence-corrected chi connectivity index (χ4v) is 2.97. The molecule has 2 aromatic carbocycles. The van der Waals surface area contributed by atoms with Crippen LogP contribution in [0.3, 0.4) is 0 Å². The van der Waals surface area contributed by atoms with Gasteiger partial charge in [-0.15, -0.1) is 0 Å². The number of hydrogen-bond donors (Lipinski definition) is 1. The van der Waals surface area contributed by atoms with Crippen LogP contribution in [0.5, 0.6) is 0 Å². The van der Waals surface area contributed by atoms with Crippen molar-refractivity contribution in [2.75, 3.05) is 5.32 Å². The van der Waals surface area contributed by atoms with E-state index < -0.39 is 0 Å². The van der Waals surface area contributed by atoms with Gasteiger partial charge >= 0.3 is 0 Å². The van der Waals surface area contributed by atoms with Gasteiger partial charge in [-0.3, -0.25) is 10.1 Å². The van der Waals surface area contributed by atoms with Gasteiger partial charge in [-0.25, -0.2) is 9.37 Å². The SMILES string of the molecule is O=C(Nc1nc2ccc(F)cc2s1)c1ccc(I)cc1. The summed E-state index contributed by atoms with van der Waals surface area (Å²) < 4.78 is 14.9. The van der Waals surface area contributed by atoms with Crippen molar-refractivity contribution in [1.29, 1.82) is 0 Å². The van der Waals surface area contributed by atoms with E-state index in [0.717, 1.165) is 3.57 Å². The van der Waals surface area contributed by atoms with Crippen molar-refractivity contribution in [2.24, 2.45) is 0 Å². The maximum atomic E-state index is 13.1. The average Bonchev–Trinajstić information content (AvgIpc) is 2.80. The van der Waals surface area contributed by atoms with Crippen LogP contribution in [0.2, 0.25) is 0 Å². The smallest absolute Gasteiger partial charge is 0.257 e. The second-order valence-electron chi connectivity index (χ2n) is 4.09. The van der Waals surface area contributed by atoms with Crippen molar-refractivity contribution >= 4 is 55.2 Å². The van der Waals surface area contributed by atoms with Gasteiger partial charge in [0.05, 0.1) is 10.2 Å². The van der Waals surface area contributed by atoms with E-state index in [4.69, 9.17) is 0 Å². The van der Waals surface area contributed by atoms with Crippen molar-refractivity contribution in [1.82, 2.24) is 4.98 Å². The van der Waals surface area contributed by atoms with Gasteiger partial charge in [-0.1, -0.05) is 11.3 Å². The zero-order valence-electron chi connectivity index (χ0n) is 10.1. The van der Waals surface area contributed by atoms with Crippen molar-refractivity contribution in [2.45, 2.75) is 0 Å². The van der Waals surface area contributed by atoms with E-state index in [1.807, 2.05) is 12.1 Å². The van der Waals surface area contributed by atoms with Crippen LogP contribution in [-0.2, 0) is 0 Å². The molecule has 0 aliphatic rings. The predicted molar refractivity (Wildman–Crippen MR) is 86.7 cm³/mol. The third kappa shape index (κ3) is 2.80. The third-order valence-electron chi connectivity index (χ3n) is 2.68. The Kier molecular flexibility index (Phi) is 3.66. The first-order valence-corrected chi connectivity index (χ1v) is 7.64. The first-order chi connectivity index (χ1) is 9.61. The van der Waals surface area contributed by atoms with E-state index in [1.54, 1.807) is 18.2 Å². The topological polar surface area (TPSA) is 42.0 Å². The molecule has 0 aliphatic heterocycles. The normalized spacial score (nSPS) is 10.7. The number of fused-ring (bicyclic) bond motifs is 1. The minimum atomic E-state index is -0.309. The molecule has 1 heterocycles. The molecule has 0 radical (unpaired) electrons. The predicted octanol–water partition coefficient (Wildman–Crippen LogP) is 4.29. The third-order valence-corrected chi connectivity index (χ3v) is 4.33. The maximum Gasteiger partial charge on any atom is 0.257 e. The number of carbonyl (C=O) groups is 1. The molecule has 100 valence electrons. The first-order valence-electron chi connectivity index (χ1n) is 5.75. The van der Waals surface area contributed by atoms with Gasteiger partial charge in [0.2, 0.25) is 0 Å². The maximum absolute atomic E-state index is 13.1. The Morgan fingerprint density at radius 3 is 2.70 bits per heavy atom. The van der Waals surface area contributed by atoms with Crippen molar-refractivity contribution in [3.8, 4) is 0 Å². The van der Waals surface area contributed by atoms with Crippen LogP contribution in [-0.4, -0.2) is 10.9 Å². The summed E-state index contributed by atoms with van der Waals surface area (Å²) in [5.74, 6) is -0.530. The highest BCUT2D eigenvalue weighted by Gasteiger charge is 2.10. The quantitative estimate of drug-likeness (QED) is 0.655. The Morgan fingerprint density at radius 2 is 1.95 bits per heavy atom. The van der Waals surface area contributed by atoms with Gasteiger partial charge in [0, 0.05) is 9.13 Å². The lowest BCUT2D eigenvalue weighted by Gasteiger charge is -2.01. The number of thiazole rings is 1. The highest BCUT2D eigenvalue weighted by Crippen LogP contribution is 2.26. The van der Waals surface area contributed by atoms with Crippen LogP contribution in [0.4, 0.5) is 9.52 Å². The summed E-state index contributed by atoms with van der Waals surface area (Å²) in [6.45, 7) is 0. The second kappa shape index (κ2) is 5.45. The number of amides is 1. The molecule has 3 nitrogen and oxygen atoms in total. The molecule has 1 aromatic heterocycles. The Labute approximate surface area is 132 Å². The van der Waals surface area contributed by atoms with Crippen LogP contribution >= 0.6 is 33.9 Å². The van der Waals surface area contributed by atoms with E-state index in [0.29, 0.717) is 20.9 Å². The van der Waals surface area contributed by atoms with E-state index in [1.165, 1.54) is 23.5 Å². The molecular formula is C14H8FIN2OS. The molecule has 0 saturated heterocycles. The minimum Gasteiger partial charge on any atom is -0.298 e. The van der Waals surface area contributed by atoms with E-state index >= 15 is 0 Å². The lowest BCUT2D eigenvalue weighted by molar-refractivity contribution is 0.102. The largest absolute Gasteiger partial charge is 0.298 e. The summed E-state index contributed by atoms with van der Waals surface area (Å²) in [7, 11) is 0. The molecule has 3 aromatic rings. The average molecular weight is 398 g/mol. The molecule has 1 amide bonds. The monoisotopic (exact) mass is 398 g/mol. The fraction of sp³-hybridized carbons (Fsp3) is 0. The number of nitrogens with zero attached hydrogens (tertiary/aromatic N) is 1. The van der Waals surface area contributed by atoms with Crippen molar-refractivity contribution in [3.63, 3.8) is 0 Å². The molecule has 20 heavy (non-hydrogen) atoms. The zero-order valence-corrected chi connectivity index (χ0v) is 13.0. The van der Waals surface area contributed by atoms with Crippen LogP contribution in [0.1, 0.15) is 10.4 Å². The first kappa shape index (κ1) is 13.4. The van der Waals surface area contributed by atoms with Gasteiger partial charge in [0.15, 0.2) is 5.13 Å². The standard InChI is InChI=1S/C14H8FIN2OS/c15-9-3-6-11-12(7-9)20-14(17-11)18-13(19)8-1-4-10(16)5-2-8/h1-7H,(H,17,18,19). The number of benzene rings is 2. The fourth-order valence-electron chi connectivity index (χ4n) is 1.72. The molecule has 1 N–H and O–H groups in total. The summed E-state index contributed by atoms with van der Waals surface area (Å²) in [6.07, 6.45) is 0. The van der Waals surface area contributed by atoms with Crippen LogP contribution in [0.15, 0.2) is 42.5 Å². The molecule has 3 rings (SSSR count). The van der Waals surface area contributed by atoms with Crippen LogP contribution < -0.4 is 5.32 Å². The molecular weight excluding hydrogens is 390 g/mol. The highest BCUT2D eigenvalue weighted by atomic mass is 127. The minimum absolute atomic E-state index is 0.221. The lowest BCUT2D eigenvalue weighted by atomic mass is 10.2. The molecule has 0 aliphatic carbocycles. The van der Waals surface area contributed by atoms with Gasteiger partial charge in [-0.2, -0.15) is 0 Å². The zero-order chi connectivity index (χ0) is 14.1. The number of rotatable bonds is 2. The number of nitrogens with one attached hydrogen (secondary N) is 1. The van der Waals surface area contributed by atoms with Crippen LogP contribution in [0.25, 0.3) is 10.2 Å². The van der Waals surface area contributed by atoms with Gasteiger partial charge in [-0.05, 0) is 65.1 Å². The second-order valence-corrected chi connectivity index (χ2v) is 6.37. The summed E-state index contributed by atoms with van der Waals surface area (Å²) in [5, 5.41) is 3.20. The van der Waals surface area contributed by atoms with Gasteiger partial charge in [0.1, 0.15) is 5.82 Å². The molecule has 0 saturated carbocycles. The van der Waals surface area contributed by atoms with E-state index in [9.17, 15) is 9.18 Å². The van der Waals surface area contributed by atoms with E-state index in [2.05, 4.69) is 32.9 Å². The van der Waals surface area contributed by atoms with Crippen molar-refractivity contribution < 1.29 is 9.18 Å². The van der Waals surface area contributed by atoms with Crippen LogP contribution in [0, 0.1) is 9.39 Å². The van der Waals surface area contributed by atoms with Gasteiger partial charge < -0.3 is 0 Å². The molecule has 0 unspecified atom stereocenters. The molecule has 0 atom stereocenters. The number of anilines is 1. The summed E-state index contributed by atoms with van der Waals surface area (Å²) >= 11 is 3.43. The van der Waals surface area contributed by atoms with Gasteiger partial charge in [0.25, 0.3) is 5.91 Å². The molecule has 6 heteroatoms. The number of hydrogen-bond acceptors (Lipinski definition) is 3. The van der Waals surface area contributed by atoms with E-state index in [-0.39, 0.29) is 11.7 Å². The Balaban J connectivity index is 1.85. The summed E-state index contributed by atoms with van der Waals surface area (Å²) in [6, 6.07) is 11.6.